The lowest BCUT2D eigenvalue weighted by Gasteiger charge is -2.48. The van der Waals surface area contributed by atoms with Gasteiger partial charge in [-0.15, -0.1) is 0 Å². The molecule has 1 aromatic carbocycles. The number of nitrogens with zero attached hydrogens (tertiary/aromatic N) is 2. The third kappa shape index (κ3) is 1.47. The maximum atomic E-state index is 12.9. The Morgan fingerprint density at radius 3 is 2.82 bits per heavy atom. The van der Waals surface area contributed by atoms with Crippen LogP contribution in [0.15, 0.2) is 24.3 Å². The van der Waals surface area contributed by atoms with Crippen LogP contribution in [0.3, 0.4) is 0 Å². The summed E-state index contributed by atoms with van der Waals surface area (Å²) in [6.45, 7) is 0.835. The minimum absolute atomic E-state index is 0.176. The summed E-state index contributed by atoms with van der Waals surface area (Å²) in [4.78, 5) is 40.5. The van der Waals surface area contributed by atoms with Crippen molar-refractivity contribution in [2.75, 3.05) is 18.5 Å². The molecule has 6 nitrogen and oxygen atoms in total. The Morgan fingerprint density at radius 2 is 2.00 bits per heavy atom. The third-order valence-corrected chi connectivity index (χ3v) is 5.21. The highest BCUT2D eigenvalue weighted by atomic mass is 16.2. The van der Waals surface area contributed by atoms with E-state index in [1.165, 1.54) is 7.05 Å². The predicted molar refractivity (Wildman–Crippen MR) is 79.3 cm³/mol. The number of carbonyl (C=O) groups excluding carboxylic acids is 3. The SMILES string of the molecule is CN1C(=O)NC(=O)C2(Cc3ccccc3N3CCCC32)C1=O. The molecule has 114 valence electrons. The normalized spacial score (nSPS) is 30.4. The van der Waals surface area contributed by atoms with Crippen LogP contribution in [-0.4, -0.2) is 42.4 Å². The van der Waals surface area contributed by atoms with Gasteiger partial charge >= 0.3 is 6.03 Å². The number of imide groups is 2. The molecule has 0 aromatic heterocycles. The molecule has 6 heteroatoms. The Hall–Kier alpha value is -2.37. The van der Waals surface area contributed by atoms with Crippen LogP contribution in [0.4, 0.5) is 10.5 Å². The first-order valence-corrected chi connectivity index (χ1v) is 7.54. The van der Waals surface area contributed by atoms with Gasteiger partial charge in [-0.05, 0) is 30.9 Å². The second-order valence-corrected chi connectivity index (χ2v) is 6.25. The van der Waals surface area contributed by atoms with Crippen molar-refractivity contribution in [3.05, 3.63) is 29.8 Å². The Morgan fingerprint density at radius 1 is 1.23 bits per heavy atom. The van der Waals surface area contributed by atoms with E-state index in [1.807, 2.05) is 24.3 Å². The van der Waals surface area contributed by atoms with Crippen molar-refractivity contribution >= 4 is 23.5 Å². The topological polar surface area (TPSA) is 69.7 Å². The first-order chi connectivity index (χ1) is 10.6. The minimum atomic E-state index is -1.19. The molecule has 3 aliphatic heterocycles. The fourth-order valence-electron chi connectivity index (χ4n) is 4.16. The second-order valence-electron chi connectivity index (χ2n) is 6.25. The van der Waals surface area contributed by atoms with Gasteiger partial charge in [0.15, 0.2) is 5.41 Å². The molecule has 0 aliphatic carbocycles. The molecule has 2 unspecified atom stereocenters. The lowest BCUT2D eigenvalue weighted by molar-refractivity contribution is -0.152. The van der Waals surface area contributed by atoms with Crippen LogP contribution < -0.4 is 10.2 Å². The molecular weight excluding hydrogens is 282 g/mol. The lowest BCUT2D eigenvalue weighted by atomic mass is 9.68. The number of carbonyl (C=O) groups is 3. The molecule has 0 bridgehead atoms. The molecule has 0 saturated carbocycles. The van der Waals surface area contributed by atoms with Crippen LogP contribution in [0.2, 0.25) is 0 Å². The minimum Gasteiger partial charge on any atom is -0.367 e. The summed E-state index contributed by atoms with van der Waals surface area (Å²) < 4.78 is 0. The van der Waals surface area contributed by atoms with Crippen molar-refractivity contribution in [1.82, 2.24) is 10.2 Å². The van der Waals surface area contributed by atoms with Gasteiger partial charge in [-0.2, -0.15) is 0 Å². The van der Waals surface area contributed by atoms with E-state index in [9.17, 15) is 14.4 Å². The summed E-state index contributed by atoms with van der Waals surface area (Å²) in [7, 11) is 1.44. The Balaban J connectivity index is 1.90. The van der Waals surface area contributed by atoms with Gasteiger partial charge in [0.1, 0.15) is 0 Å². The second kappa shape index (κ2) is 4.32. The molecule has 4 rings (SSSR count). The van der Waals surface area contributed by atoms with Crippen LogP contribution in [0.5, 0.6) is 0 Å². The van der Waals surface area contributed by atoms with Gasteiger partial charge in [-0.25, -0.2) is 4.79 Å². The summed E-state index contributed by atoms with van der Waals surface area (Å²) in [6, 6.07) is 7.09. The van der Waals surface area contributed by atoms with Crippen molar-refractivity contribution in [3.8, 4) is 0 Å². The van der Waals surface area contributed by atoms with Crippen LogP contribution >= 0.6 is 0 Å². The molecular formula is C16H17N3O3. The van der Waals surface area contributed by atoms with Gasteiger partial charge in [0.05, 0.1) is 6.04 Å². The van der Waals surface area contributed by atoms with Crippen molar-refractivity contribution in [2.24, 2.45) is 5.41 Å². The Kier molecular flexibility index (Phi) is 2.61. The van der Waals surface area contributed by atoms with Gasteiger partial charge < -0.3 is 4.90 Å². The molecule has 3 aliphatic rings. The van der Waals surface area contributed by atoms with E-state index in [-0.39, 0.29) is 11.9 Å². The van der Waals surface area contributed by atoms with Crippen molar-refractivity contribution in [2.45, 2.75) is 25.3 Å². The Labute approximate surface area is 128 Å². The average Bonchev–Trinajstić information content (AvgIpc) is 3.01. The lowest BCUT2D eigenvalue weighted by Crippen LogP contribution is -2.70. The summed E-state index contributed by atoms with van der Waals surface area (Å²) in [6.07, 6.45) is 2.08. The van der Waals surface area contributed by atoms with E-state index in [4.69, 9.17) is 0 Å². The largest absolute Gasteiger partial charge is 0.367 e. The van der Waals surface area contributed by atoms with E-state index in [1.54, 1.807) is 0 Å². The Bertz CT molecular complexity index is 702. The van der Waals surface area contributed by atoms with Crippen LogP contribution in [0, 0.1) is 5.41 Å². The summed E-state index contributed by atoms with van der Waals surface area (Å²) >= 11 is 0. The number of amides is 4. The summed E-state index contributed by atoms with van der Waals surface area (Å²) in [5, 5.41) is 2.36. The third-order valence-electron chi connectivity index (χ3n) is 5.21. The molecule has 3 heterocycles. The summed E-state index contributed by atoms with van der Waals surface area (Å²) in [5.74, 6) is -0.834. The zero-order valence-corrected chi connectivity index (χ0v) is 12.3. The molecule has 0 radical (unpaired) electrons. The number of hydrogen-bond acceptors (Lipinski definition) is 4. The van der Waals surface area contributed by atoms with Crippen LogP contribution in [-0.2, 0) is 16.0 Å². The highest BCUT2D eigenvalue weighted by Gasteiger charge is 2.62. The highest BCUT2D eigenvalue weighted by Crippen LogP contribution is 2.47. The van der Waals surface area contributed by atoms with E-state index in [2.05, 4.69) is 10.2 Å². The number of rotatable bonds is 0. The van der Waals surface area contributed by atoms with Crippen molar-refractivity contribution in [1.29, 1.82) is 0 Å². The average molecular weight is 299 g/mol. The quantitative estimate of drug-likeness (QED) is 0.723. The van der Waals surface area contributed by atoms with E-state index < -0.39 is 17.4 Å². The number of benzene rings is 1. The molecule has 4 amide bonds. The van der Waals surface area contributed by atoms with Crippen LogP contribution in [0.25, 0.3) is 0 Å². The van der Waals surface area contributed by atoms with Gasteiger partial charge in [0.25, 0.3) is 0 Å². The molecule has 2 fully saturated rings. The number of para-hydroxylation sites is 1. The van der Waals surface area contributed by atoms with E-state index >= 15 is 0 Å². The number of fused-ring (bicyclic) bond motifs is 4. The van der Waals surface area contributed by atoms with Crippen molar-refractivity contribution in [3.63, 3.8) is 0 Å². The number of nitrogens with one attached hydrogen (secondary N) is 1. The van der Waals surface area contributed by atoms with Gasteiger partial charge in [-0.3, -0.25) is 19.8 Å². The van der Waals surface area contributed by atoms with Gasteiger partial charge in [-0.1, -0.05) is 18.2 Å². The standard InChI is InChI=1S/C16H17N3O3/c1-18-14(21)16(13(20)17-15(18)22)9-10-5-2-3-6-11(10)19-8-4-7-12(16)19/h2-3,5-6,12H,4,7-9H2,1H3,(H,17,20,22). The fourth-order valence-corrected chi connectivity index (χ4v) is 4.16. The van der Waals surface area contributed by atoms with Crippen molar-refractivity contribution < 1.29 is 14.4 Å². The van der Waals surface area contributed by atoms with Gasteiger partial charge in [0.2, 0.25) is 11.8 Å². The number of urea groups is 1. The number of hydrogen-bond donors (Lipinski definition) is 1. The monoisotopic (exact) mass is 299 g/mol. The van der Waals surface area contributed by atoms with Crippen LogP contribution in [0.1, 0.15) is 18.4 Å². The fraction of sp³-hybridized carbons (Fsp3) is 0.438. The highest BCUT2D eigenvalue weighted by molar-refractivity contribution is 6.20. The molecule has 2 saturated heterocycles. The zero-order valence-electron chi connectivity index (χ0n) is 12.3. The maximum absolute atomic E-state index is 12.9. The first-order valence-electron chi connectivity index (χ1n) is 7.54. The predicted octanol–water partition coefficient (Wildman–Crippen LogP) is 0.906. The van der Waals surface area contributed by atoms with E-state index in [0.717, 1.165) is 35.5 Å². The number of anilines is 1. The molecule has 22 heavy (non-hydrogen) atoms. The van der Waals surface area contributed by atoms with Gasteiger partial charge in [0, 0.05) is 19.3 Å². The summed E-state index contributed by atoms with van der Waals surface area (Å²) in [5.41, 5.74) is 0.913. The molecule has 1 aromatic rings. The molecule has 1 N–H and O–H groups in total. The molecule has 1 spiro atoms. The maximum Gasteiger partial charge on any atom is 0.330 e. The zero-order chi connectivity index (χ0) is 15.5. The molecule has 2 atom stereocenters. The number of barbiturate groups is 1. The smallest absolute Gasteiger partial charge is 0.330 e. The first kappa shape index (κ1) is 13.3. The van der Waals surface area contributed by atoms with E-state index in [0.29, 0.717) is 6.42 Å².